The number of anilines is 1. The van der Waals surface area contributed by atoms with Crippen molar-refractivity contribution in [3.8, 4) is 0 Å². The van der Waals surface area contributed by atoms with Crippen LogP contribution >= 0.6 is 0 Å². The number of benzene rings is 1. The lowest BCUT2D eigenvalue weighted by molar-refractivity contribution is 0.0690. The lowest BCUT2D eigenvalue weighted by Crippen LogP contribution is -2.14. The van der Waals surface area contributed by atoms with Crippen molar-refractivity contribution in [1.29, 1.82) is 0 Å². The first kappa shape index (κ1) is 14.0. The summed E-state index contributed by atoms with van der Waals surface area (Å²) >= 11 is 0. The number of sulfonamides is 1. The number of nitrogens with zero attached hydrogens (tertiary/aromatic N) is 1. The van der Waals surface area contributed by atoms with Crippen molar-refractivity contribution in [3.05, 3.63) is 53.9 Å². The van der Waals surface area contributed by atoms with Gasteiger partial charge >= 0.3 is 5.97 Å². The Kier molecular flexibility index (Phi) is 3.71. The van der Waals surface area contributed by atoms with E-state index < -0.39 is 16.0 Å². The number of carboxylic acid groups (broad SMARTS) is 1. The predicted octanol–water partition coefficient (Wildman–Crippen LogP) is 1.89. The summed E-state index contributed by atoms with van der Waals surface area (Å²) in [6.45, 7) is 1.68. The molecule has 0 aliphatic rings. The molecule has 0 spiro atoms. The van der Waals surface area contributed by atoms with E-state index in [1.807, 2.05) is 0 Å². The molecule has 6 nitrogen and oxygen atoms in total. The zero-order valence-corrected chi connectivity index (χ0v) is 11.4. The molecule has 2 aromatic rings. The number of aryl methyl sites for hydroxylation is 1. The normalized spacial score (nSPS) is 11.1. The molecule has 1 heterocycles. The van der Waals surface area contributed by atoms with Gasteiger partial charge in [0.15, 0.2) is 0 Å². The van der Waals surface area contributed by atoms with Crippen LogP contribution in [0.1, 0.15) is 16.1 Å². The van der Waals surface area contributed by atoms with Crippen LogP contribution in [0, 0.1) is 6.92 Å². The predicted molar refractivity (Wildman–Crippen MR) is 73.2 cm³/mol. The third-order valence-corrected chi connectivity index (χ3v) is 4.16. The second-order valence-corrected chi connectivity index (χ2v) is 5.76. The Morgan fingerprint density at radius 2 is 1.95 bits per heavy atom. The molecule has 0 bridgehead atoms. The molecule has 0 saturated carbocycles. The van der Waals surface area contributed by atoms with E-state index in [1.54, 1.807) is 25.1 Å². The van der Waals surface area contributed by atoms with Gasteiger partial charge in [-0.1, -0.05) is 18.2 Å². The zero-order valence-electron chi connectivity index (χ0n) is 10.6. The number of nitrogens with one attached hydrogen (secondary N) is 1. The van der Waals surface area contributed by atoms with Crippen LogP contribution in [0.15, 0.2) is 47.5 Å². The maximum atomic E-state index is 12.2. The third kappa shape index (κ3) is 2.94. The summed E-state index contributed by atoms with van der Waals surface area (Å²) < 4.78 is 26.8. The van der Waals surface area contributed by atoms with Gasteiger partial charge in [-0.25, -0.2) is 18.2 Å². The van der Waals surface area contributed by atoms with Crippen molar-refractivity contribution in [2.45, 2.75) is 11.8 Å². The Labute approximate surface area is 116 Å². The van der Waals surface area contributed by atoms with Crippen LogP contribution in [0.4, 0.5) is 5.69 Å². The second kappa shape index (κ2) is 5.30. The Hall–Kier alpha value is -2.41. The van der Waals surface area contributed by atoms with Crippen molar-refractivity contribution in [3.63, 3.8) is 0 Å². The summed E-state index contributed by atoms with van der Waals surface area (Å²) in [7, 11) is -3.76. The first-order valence-corrected chi connectivity index (χ1v) is 7.16. The van der Waals surface area contributed by atoms with Gasteiger partial charge in [0.05, 0.1) is 10.6 Å². The van der Waals surface area contributed by atoms with Crippen molar-refractivity contribution in [2.24, 2.45) is 0 Å². The molecule has 2 N–H and O–H groups in total. The quantitative estimate of drug-likeness (QED) is 0.897. The fourth-order valence-electron chi connectivity index (χ4n) is 1.68. The van der Waals surface area contributed by atoms with E-state index in [0.717, 1.165) is 6.07 Å². The lowest BCUT2D eigenvalue weighted by atomic mass is 10.2. The highest BCUT2D eigenvalue weighted by atomic mass is 32.2. The number of hydrogen-bond donors (Lipinski definition) is 2. The SMILES string of the molecule is Cc1ccccc1S(=O)(=O)Nc1ccnc(C(=O)O)c1. The third-order valence-electron chi connectivity index (χ3n) is 2.61. The monoisotopic (exact) mass is 292 g/mol. The largest absolute Gasteiger partial charge is 0.477 e. The molecular weight excluding hydrogens is 280 g/mol. The summed E-state index contributed by atoms with van der Waals surface area (Å²) in [6, 6.07) is 9.08. The van der Waals surface area contributed by atoms with Crippen LogP contribution in [0.3, 0.4) is 0 Å². The minimum atomic E-state index is -3.76. The van der Waals surface area contributed by atoms with Crippen LogP contribution in [0.25, 0.3) is 0 Å². The number of aromatic nitrogens is 1. The molecule has 0 fully saturated rings. The molecule has 0 saturated heterocycles. The molecule has 7 heteroatoms. The van der Waals surface area contributed by atoms with Gasteiger partial charge in [-0.15, -0.1) is 0 Å². The van der Waals surface area contributed by atoms with Gasteiger partial charge in [0.1, 0.15) is 5.69 Å². The fraction of sp³-hybridized carbons (Fsp3) is 0.0769. The van der Waals surface area contributed by atoms with E-state index in [-0.39, 0.29) is 16.3 Å². The Bertz CT molecular complexity index is 756. The zero-order chi connectivity index (χ0) is 14.8. The minimum Gasteiger partial charge on any atom is -0.477 e. The van der Waals surface area contributed by atoms with Crippen LogP contribution < -0.4 is 4.72 Å². The molecule has 1 aromatic carbocycles. The molecule has 20 heavy (non-hydrogen) atoms. The Morgan fingerprint density at radius 1 is 1.25 bits per heavy atom. The molecule has 104 valence electrons. The van der Waals surface area contributed by atoms with E-state index in [9.17, 15) is 13.2 Å². The minimum absolute atomic E-state index is 0.147. The van der Waals surface area contributed by atoms with Crippen LogP contribution in [0.2, 0.25) is 0 Å². The highest BCUT2D eigenvalue weighted by molar-refractivity contribution is 7.92. The molecule has 0 atom stereocenters. The first-order valence-electron chi connectivity index (χ1n) is 5.68. The van der Waals surface area contributed by atoms with Gasteiger partial charge in [-0.3, -0.25) is 4.72 Å². The van der Waals surface area contributed by atoms with Gasteiger partial charge in [0.25, 0.3) is 10.0 Å². The second-order valence-electron chi connectivity index (χ2n) is 4.11. The van der Waals surface area contributed by atoms with E-state index in [0.29, 0.717) is 5.56 Å². The maximum absolute atomic E-state index is 12.2. The molecule has 0 amide bonds. The number of carbonyl (C=O) groups is 1. The summed E-state index contributed by atoms with van der Waals surface area (Å²) in [5.41, 5.74) is 0.531. The van der Waals surface area contributed by atoms with E-state index in [1.165, 1.54) is 18.3 Å². The summed E-state index contributed by atoms with van der Waals surface area (Å²) in [5.74, 6) is -1.22. The standard InChI is InChI=1S/C13H12N2O4S/c1-9-4-2-3-5-12(9)20(18,19)15-10-6-7-14-11(8-10)13(16)17/h2-8H,1H3,(H,14,15)(H,16,17). The van der Waals surface area contributed by atoms with Gasteiger partial charge in [-0.2, -0.15) is 0 Å². The smallest absolute Gasteiger partial charge is 0.354 e. The molecule has 0 radical (unpaired) electrons. The molecule has 0 aliphatic heterocycles. The van der Waals surface area contributed by atoms with Crippen LogP contribution in [-0.2, 0) is 10.0 Å². The number of rotatable bonds is 4. The van der Waals surface area contributed by atoms with E-state index >= 15 is 0 Å². The van der Waals surface area contributed by atoms with E-state index in [2.05, 4.69) is 9.71 Å². The van der Waals surface area contributed by atoms with Gasteiger partial charge in [-0.05, 0) is 30.7 Å². The number of carboxylic acids is 1. The van der Waals surface area contributed by atoms with Crippen molar-refractivity contribution < 1.29 is 18.3 Å². The van der Waals surface area contributed by atoms with Crippen LogP contribution in [-0.4, -0.2) is 24.5 Å². The van der Waals surface area contributed by atoms with Crippen molar-refractivity contribution in [1.82, 2.24) is 4.98 Å². The van der Waals surface area contributed by atoms with Crippen LogP contribution in [0.5, 0.6) is 0 Å². The maximum Gasteiger partial charge on any atom is 0.354 e. The molecular formula is C13H12N2O4S. The lowest BCUT2D eigenvalue weighted by Gasteiger charge is -2.10. The average Bonchev–Trinajstić information content (AvgIpc) is 2.38. The van der Waals surface area contributed by atoms with Gasteiger partial charge in [0, 0.05) is 6.20 Å². The topological polar surface area (TPSA) is 96.4 Å². The summed E-state index contributed by atoms with van der Waals surface area (Å²) in [5, 5.41) is 8.83. The highest BCUT2D eigenvalue weighted by Gasteiger charge is 2.17. The number of aromatic carboxylic acids is 1. The van der Waals surface area contributed by atoms with E-state index in [4.69, 9.17) is 5.11 Å². The molecule has 0 aliphatic carbocycles. The van der Waals surface area contributed by atoms with Crippen molar-refractivity contribution >= 4 is 21.7 Å². The summed E-state index contributed by atoms with van der Waals surface area (Å²) in [4.78, 5) is 14.6. The average molecular weight is 292 g/mol. The molecule has 2 rings (SSSR count). The van der Waals surface area contributed by atoms with Crippen molar-refractivity contribution in [2.75, 3.05) is 4.72 Å². The number of hydrogen-bond acceptors (Lipinski definition) is 4. The highest BCUT2D eigenvalue weighted by Crippen LogP contribution is 2.19. The van der Waals surface area contributed by atoms with Gasteiger partial charge in [0.2, 0.25) is 0 Å². The Balaban J connectivity index is 2.36. The fourth-order valence-corrected chi connectivity index (χ4v) is 2.98. The molecule has 0 unspecified atom stereocenters. The van der Waals surface area contributed by atoms with Gasteiger partial charge < -0.3 is 5.11 Å². The first-order chi connectivity index (χ1) is 9.40. The Morgan fingerprint density at radius 3 is 2.60 bits per heavy atom. The number of pyridine rings is 1. The summed E-state index contributed by atoms with van der Waals surface area (Å²) in [6.07, 6.45) is 1.24. The molecule has 1 aromatic heterocycles.